The van der Waals surface area contributed by atoms with Crippen LogP contribution in [0.1, 0.15) is 64.7 Å². The van der Waals surface area contributed by atoms with Crippen LogP contribution in [0.4, 0.5) is 0 Å². The van der Waals surface area contributed by atoms with E-state index in [9.17, 15) is 4.79 Å². The maximum atomic E-state index is 12.4. The first-order valence-electron chi connectivity index (χ1n) is 8.18. The third kappa shape index (κ3) is 3.73. The van der Waals surface area contributed by atoms with Gasteiger partial charge in [0.2, 0.25) is 0 Å². The van der Waals surface area contributed by atoms with Crippen molar-refractivity contribution >= 4 is 5.97 Å². The maximum absolute atomic E-state index is 12.4. The highest BCUT2D eigenvalue weighted by atomic mass is 16.5. The van der Waals surface area contributed by atoms with Gasteiger partial charge in [-0.15, -0.1) is 0 Å². The van der Waals surface area contributed by atoms with Gasteiger partial charge in [0.1, 0.15) is 5.54 Å². The number of hydrogen-bond donors (Lipinski definition) is 1. The Labute approximate surface area is 122 Å². The lowest BCUT2D eigenvalue weighted by Gasteiger charge is -2.42. The Morgan fingerprint density at radius 2 is 2.10 bits per heavy atom. The van der Waals surface area contributed by atoms with E-state index in [2.05, 4.69) is 12.2 Å². The lowest BCUT2D eigenvalue weighted by molar-refractivity contribution is -0.157. The summed E-state index contributed by atoms with van der Waals surface area (Å²) in [5, 5.41) is 3.66. The molecule has 116 valence electrons. The van der Waals surface area contributed by atoms with Crippen molar-refractivity contribution in [2.45, 2.75) is 82.4 Å². The van der Waals surface area contributed by atoms with Crippen molar-refractivity contribution in [2.75, 3.05) is 13.7 Å². The Morgan fingerprint density at radius 3 is 2.75 bits per heavy atom. The standard InChI is InChI=1S/C16H29NO3/c1-3-7-14-12-16(10-11-20-14,15(18)19-2)17-13-8-5-4-6-9-13/h13-14,17H,3-12H2,1-2H3. The van der Waals surface area contributed by atoms with Crippen molar-refractivity contribution in [3.8, 4) is 0 Å². The predicted octanol–water partition coefficient (Wildman–Crippen LogP) is 2.80. The van der Waals surface area contributed by atoms with Gasteiger partial charge in [-0.05, 0) is 25.7 Å². The van der Waals surface area contributed by atoms with Crippen molar-refractivity contribution in [1.29, 1.82) is 0 Å². The van der Waals surface area contributed by atoms with Crippen LogP contribution in [0.15, 0.2) is 0 Å². The first-order chi connectivity index (χ1) is 9.70. The van der Waals surface area contributed by atoms with E-state index in [4.69, 9.17) is 9.47 Å². The maximum Gasteiger partial charge on any atom is 0.326 e. The second kappa shape index (κ2) is 7.41. The molecular formula is C16H29NO3. The van der Waals surface area contributed by atoms with E-state index in [1.165, 1.54) is 39.2 Å². The largest absolute Gasteiger partial charge is 0.468 e. The molecule has 0 radical (unpaired) electrons. The molecule has 0 spiro atoms. The second-order valence-corrected chi connectivity index (χ2v) is 6.29. The molecule has 1 saturated carbocycles. The zero-order valence-corrected chi connectivity index (χ0v) is 13.0. The fourth-order valence-corrected chi connectivity index (χ4v) is 3.67. The molecular weight excluding hydrogens is 254 g/mol. The first kappa shape index (κ1) is 15.8. The highest BCUT2D eigenvalue weighted by Crippen LogP contribution is 2.31. The molecule has 4 nitrogen and oxygen atoms in total. The molecule has 1 saturated heterocycles. The normalized spacial score (nSPS) is 32.0. The summed E-state index contributed by atoms with van der Waals surface area (Å²) in [6, 6.07) is 0.461. The fourth-order valence-electron chi connectivity index (χ4n) is 3.67. The number of carbonyl (C=O) groups is 1. The summed E-state index contributed by atoms with van der Waals surface area (Å²) in [7, 11) is 1.50. The molecule has 2 atom stereocenters. The van der Waals surface area contributed by atoms with Crippen LogP contribution >= 0.6 is 0 Å². The molecule has 1 aliphatic carbocycles. The third-order valence-electron chi connectivity index (χ3n) is 4.73. The fraction of sp³-hybridized carbons (Fsp3) is 0.938. The van der Waals surface area contributed by atoms with Crippen LogP contribution in [0, 0.1) is 0 Å². The molecule has 1 N–H and O–H groups in total. The lowest BCUT2D eigenvalue weighted by Crippen LogP contribution is -2.61. The minimum Gasteiger partial charge on any atom is -0.468 e. The average Bonchev–Trinajstić information content (AvgIpc) is 2.48. The van der Waals surface area contributed by atoms with E-state index in [1.54, 1.807) is 0 Å². The third-order valence-corrected chi connectivity index (χ3v) is 4.73. The lowest BCUT2D eigenvalue weighted by atomic mass is 9.82. The number of hydrogen-bond acceptors (Lipinski definition) is 4. The molecule has 0 aromatic carbocycles. The summed E-state index contributed by atoms with van der Waals surface area (Å²) in [5.41, 5.74) is -0.519. The smallest absolute Gasteiger partial charge is 0.326 e. The summed E-state index contributed by atoms with van der Waals surface area (Å²) in [6.45, 7) is 2.81. The number of nitrogens with one attached hydrogen (secondary N) is 1. The van der Waals surface area contributed by atoms with Crippen LogP contribution in [-0.2, 0) is 14.3 Å². The highest BCUT2D eigenvalue weighted by Gasteiger charge is 2.45. The Bertz CT molecular complexity index is 313. The molecule has 0 bridgehead atoms. The number of methoxy groups -OCH3 is 1. The molecule has 2 aliphatic rings. The van der Waals surface area contributed by atoms with Gasteiger partial charge < -0.3 is 9.47 Å². The van der Waals surface area contributed by atoms with Crippen LogP contribution in [0.3, 0.4) is 0 Å². The molecule has 2 rings (SSSR count). The number of esters is 1. The molecule has 4 heteroatoms. The van der Waals surface area contributed by atoms with Crippen molar-refractivity contribution in [3.63, 3.8) is 0 Å². The average molecular weight is 283 g/mol. The van der Waals surface area contributed by atoms with Crippen LogP contribution in [0.5, 0.6) is 0 Å². The Balaban J connectivity index is 2.05. The zero-order valence-electron chi connectivity index (χ0n) is 13.0. The molecule has 0 aromatic heterocycles. The van der Waals surface area contributed by atoms with Gasteiger partial charge in [0.05, 0.1) is 13.2 Å². The van der Waals surface area contributed by atoms with Gasteiger partial charge in [0.25, 0.3) is 0 Å². The quantitative estimate of drug-likeness (QED) is 0.788. The summed E-state index contributed by atoms with van der Waals surface area (Å²) < 4.78 is 10.9. The predicted molar refractivity (Wildman–Crippen MR) is 78.6 cm³/mol. The van der Waals surface area contributed by atoms with Gasteiger partial charge in [-0.3, -0.25) is 10.1 Å². The van der Waals surface area contributed by atoms with Crippen molar-refractivity contribution in [2.24, 2.45) is 0 Å². The Kier molecular flexibility index (Phi) is 5.85. The van der Waals surface area contributed by atoms with E-state index in [-0.39, 0.29) is 12.1 Å². The zero-order chi connectivity index (χ0) is 14.4. The molecule has 1 heterocycles. The van der Waals surface area contributed by atoms with E-state index in [0.29, 0.717) is 12.6 Å². The molecule has 20 heavy (non-hydrogen) atoms. The van der Waals surface area contributed by atoms with Gasteiger partial charge in [0, 0.05) is 19.1 Å². The van der Waals surface area contributed by atoms with Gasteiger partial charge in [-0.25, -0.2) is 0 Å². The van der Waals surface area contributed by atoms with E-state index in [1.807, 2.05) is 0 Å². The molecule has 0 aromatic rings. The summed E-state index contributed by atoms with van der Waals surface area (Å²) in [5.74, 6) is -0.104. The van der Waals surface area contributed by atoms with Gasteiger partial charge in [0.15, 0.2) is 0 Å². The first-order valence-corrected chi connectivity index (χ1v) is 8.18. The number of rotatable bonds is 5. The molecule has 0 amide bonds. The minimum atomic E-state index is -0.519. The number of carbonyl (C=O) groups excluding carboxylic acids is 1. The molecule has 2 fully saturated rings. The topological polar surface area (TPSA) is 47.6 Å². The van der Waals surface area contributed by atoms with Crippen LogP contribution < -0.4 is 5.32 Å². The van der Waals surface area contributed by atoms with Crippen molar-refractivity contribution in [1.82, 2.24) is 5.32 Å². The SMILES string of the molecule is CCCC1CC(NC2CCCCC2)(C(=O)OC)CCO1. The summed E-state index contributed by atoms with van der Waals surface area (Å²) >= 11 is 0. The summed E-state index contributed by atoms with van der Waals surface area (Å²) in [4.78, 5) is 12.4. The Morgan fingerprint density at radius 1 is 1.35 bits per heavy atom. The monoisotopic (exact) mass is 283 g/mol. The molecule has 1 aliphatic heterocycles. The van der Waals surface area contributed by atoms with E-state index >= 15 is 0 Å². The van der Waals surface area contributed by atoms with Gasteiger partial charge >= 0.3 is 5.97 Å². The van der Waals surface area contributed by atoms with Crippen LogP contribution in [0.2, 0.25) is 0 Å². The molecule has 2 unspecified atom stereocenters. The second-order valence-electron chi connectivity index (χ2n) is 6.29. The van der Waals surface area contributed by atoms with Crippen molar-refractivity contribution in [3.05, 3.63) is 0 Å². The van der Waals surface area contributed by atoms with E-state index < -0.39 is 5.54 Å². The van der Waals surface area contributed by atoms with E-state index in [0.717, 1.165) is 25.7 Å². The highest BCUT2D eigenvalue weighted by molar-refractivity contribution is 5.81. The number of ether oxygens (including phenoxy) is 2. The van der Waals surface area contributed by atoms with Crippen LogP contribution in [0.25, 0.3) is 0 Å². The van der Waals surface area contributed by atoms with Crippen LogP contribution in [-0.4, -0.2) is 37.4 Å². The van der Waals surface area contributed by atoms with Gasteiger partial charge in [-0.2, -0.15) is 0 Å². The van der Waals surface area contributed by atoms with Crippen molar-refractivity contribution < 1.29 is 14.3 Å². The Hall–Kier alpha value is -0.610. The summed E-state index contributed by atoms with van der Waals surface area (Å²) in [6.07, 6.45) is 10.00. The van der Waals surface area contributed by atoms with Gasteiger partial charge in [-0.1, -0.05) is 32.6 Å². The minimum absolute atomic E-state index is 0.104.